The van der Waals surface area contributed by atoms with E-state index in [1.54, 1.807) is 34.6 Å². The summed E-state index contributed by atoms with van der Waals surface area (Å²) in [5, 5.41) is 17.2. The first-order valence-electron chi connectivity index (χ1n) is 12.2. The highest BCUT2D eigenvalue weighted by molar-refractivity contribution is 5.82. The van der Waals surface area contributed by atoms with Gasteiger partial charge in [0.1, 0.15) is 0 Å². The van der Waals surface area contributed by atoms with Crippen LogP contribution in [0.4, 0.5) is 23.4 Å². The third kappa shape index (κ3) is 5.69. The smallest absolute Gasteiger partial charge is 0.390 e. The molecule has 0 saturated heterocycles. The Kier molecular flexibility index (Phi) is 7.30. The lowest BCUT2D eigenvalue weighted by Crippen LogP contribution is -2.29. The van der Waals surface area contributed by atoms with Gasteiger partial charge in [-0.1, -0.05) is 0 Å². The van der Waals surface area contributed by atoms with Crippen LogP contribution in [-0.4, -0.2) is 50.6 Å². The minimum atomic E-state index is -4.35. The van der Waals surface area contributed by atoms with Gasteiger partial charge < -0.3 is 19.9 Å². The van der Waals surface area contributed by atoms with Crippen molar-refractivity contribution in [1.82, 2.24) is 14.6 Å². The molecule has 0 radical (unpaired) electrons. The van der Waals surface area contributed by atoms with E-state index in [9.17, 15) is 23.1 Å². The third-order valence-corrected chi connectivity index (χ3v) is 6.19. The molecule has 1 atom stereocenters. The predicted molar refractivity (Wildman–Crippen MR) is 132 cm³/mol. The maximum Gasteiger partial charge on any atom is 0.390 e. The molecule has 0 spiro atoms. The number of nitrogens with one attached hydrogen (secondary N) is 1. The highest BCUT2D eigenvalue weighted by Crippen LogP contribution is 2.41. The molecule has 0 aliphatic carbocycles. The number of aryl methyl sites for hydroxylation is 1. The second-order valence-corrected chi connectivity index (χ2v) is 10.3. The van der Waals surface area contributed by atoms with Gasteiger partial charge in [0.15, 0.2) is 29.1 Å². The van der Waals surface area contributed by atoms with Crippen molar-refractivity contribution in [3.8, 4) is 17.0 Å². The topological polar surface area (TPSA) is 98.0 Å². The number of rotatable bonds is 7. The van der Waals surface area contributed by atoms with Crippen LogP contribution in [0.2, 0.25) is 0 Å². The Morgan fingerprint density at radius 3 is 2.61 bits per heavy atom. The lowest BCUT2D eigenvalue weighted by atomic mass is 9.91. The van der Waals surface area contributed by atoms with E-state index >= 15 is 4.39 Å². The molecule has 38 heavy (non-hydrogen) atoms. The molecule has 12 heteroatoms. The van der Waals surface area contributed by atoms with Gasteiger partial charge in [-0.25, -0.2) is 18.7 Å². The van der Waals surface area contributed by atoms with Crippen LogP contribution in [0.5, 0.6) is 5.75 Å². The standard InChI is InChI=1S/C26H30F4N4O4/c1-13-15-7-6-10-37-22(15)17(27)11-16(13)21-20(23(24(35)36)38-25(3,4)5)14(2)32-19-12-18(33-34(19)21)31-9-8-26(28,29)30/h11-12,23H,6-10H2,1-5H3,(H,31,33)(H,35,36)/t23-/m0/s1. The average Bonchev–Trinajstić information content (AvgIpc) is 3.20. The Labute approximate surface area is 217 Å². The first-order valence-corrected chi connectivity index (χ1v) is 12.2. The Bertz CT molecular complexity index is 1380. The fraction of sp³-hybridized carbons (Fsp3) is 0.500. The summed E-state index contributed by atoms with van der Waals surface area (Å²) in [5.74, 6) is -1.60. The summed E-state index contributed by atoms with van der Waals surface area (Å²) in [6.07, 6.45) is -5.64. The summed E-state index contributed by atoms with van der Waals surface area (Å²) in [6.45, 7) is 8.51. The largest absolute Gasteiger partial charge is 0.490 e. The molecular weight excluding hydrogens is 508 g/mol. The van der Waals surface area contributed by atoms with Gasteiger partial charge in [0.2, 0.25) is 0 Å². The number of alkyl halides is 3. The van der Waals surface area contributed by atoms with E-state index in [1.165, 1.54) is 16.6 Å². The third-order valence-electron chi connectivity index (χ3n) is 6.19. The van der Waals surface area contributed by atoms with Crippen molar-refractivity contribution in [2.24, 2.45) is 0 Å². The Balaban J connectivity index is 1.98. The van der Waals surface area contributed by atoms with E-state index in [-0.39, 0.29) is 28.5 Å². The van der Waals surface area contributed by atoms with Crippen LogP contribution in [0.3, 0.4) is 0 Å². The second kappa shape index (κ2) is 10.0. The van der Waals surface area contributed by atoms with Crippen molar-refractivity contribution in [1.29, 1.82) is 0 Å². The Morgan fingerprint density at radius 1 is 1.26 bits per heavy atom. The van der Waals surface area contributed by atoms with E-state index in [4.69, 9.17) is 9.47 Å². The number of nitrogens with zero attached hydrogens (tertiary/aromatic N) is 3. The monoisotopic (exact) mass is 538 g/mol. The summed E-state index contributed by atoms with van der Waals surface area (Å²) in [7, 11) is 0. The molecule has 0 bridgehead atoms. The van der Waals surface area contributed by atoms with E-state index in [0.717, 1.165) is 0 Å². The number of carbonyl (C=O) groups is 1. The maximum atomic E-state index is 15.3. The zero-order chi connectivity index (χ0) is 28.0. The molecule has 3 heterocycles. The highest BCUT2D eigenvalue weighted by Gasteiger charge is 2.34. The van der Waals surface area contributed by atoms with Crippen LogP contribution < -0.4 is 10.1 Å². The van der Waals surface area contributed by atoms with Crippen LogP contribution in [0.15, 0.2) is 12.1 Å². The minimum Gasteiger partial charge on any atom is -0.490 e. The SMILES string of the molecule is Cc1nc2cc(NCCC(F)(F)F)nn2c(-c2cc(F)c3c(c2C)CCCO3)c1[C@H](OC(C)(C)C)C(=O)O. The molecule has 1 aromatic carbocycles. The molecule has 0 saturated carbocycles. The molecule has 206 valence electrons. The maximum absolute atomic E-state index is 15.3. The molecule has 2 N–H and O–H groups in total. The van der Waals surface area contributed by atoms with Crippen molar-refractivity contribution in [2.45, 2.75) is 71.8 Å². The van der Waals surface area contributed by atoms with Gasteiger partial charge in [-0.3, -0.25) is 0 Å². The first kappa shape index (κ1) is 27.6. The molecule has 2 aromatic heterocycles. The molecule has 8 nitrogen and oxygen atoms in total. The van der Waals surface area contributed by atoms with Crippen molar-refractivity contribution < 1.29 is 36.9 Å². The summed E-state index contributed by atoms with van der Waals surface area (Å²) in [5.41, 5.74) is 1.81. The van der Waals surface area contributed by atoms with Gasteiger partial charge in [-0.15, -0.1) is 5.10 Å². The molecule has 3 aromatic rings. The van der Waals surface area contributed by atoms with E-state index < -0.39 is 42.6 Å². The summed E-state index contributed by atoms with van der Waals surface area (Å²) < 4.78 is 66.2. The molecule has 0 unspecified atom stereocenters. The number of anilines is 1. The van der Waals surface area contributed by atoms with Crippen LogP contribution >= 0.6 is 0 Å². The number of aromatic nitrogens is 3. The van der Waals surface area contributed by atoms with Crippen molar-refractivity contribution in [2.75, 3.05) is 18.5 Å². The van der Waals surface area contributed by atoms with Gasteiger partial charge in [0, 0.05) is 35.0 Å². The minimum absolute atomic E-state index is 0.114. The zero-order valence-electron chi connectivity index (χ0n) is 21.8. The van der Waals surface area contributed by atoms with Crippen LogP contribution in [-0.2, 0) is 16.0 Å². The van der Waals surface area contributed by atoms with E-state index in [2.05, 4.69) is 15.4 Å². The molecule has 4 rings (SSSR count). The number of hydrogen-bond donors (Lipinski definition) is 2. The normalized spacial score (nSPS) is 14.8. The molecule has 0 amide bonds. The molecule has 1 aliphatic heterocycles. The van der Waals surface area contributed by atoms with Gasteiger partial charge >= 0.3 is 12.1 Å². The summed E-state index contributed by atoms with van der Waals surface area (Å²) >= 11 is 0. The van der Waals surface area contributed by atoms with Crippen LogP contribution in [0.1, 0.15) is 62.1 Å². The van der Waals surface area contributed by atoms with Gasteiger partial charge in [0.25, 0.3) is 0 Å². The number of halogens is 4. The van der Waals surface area contributed by atoms with Gasteiger partial charge in [-0.2, -0.15) is 13.2 Å². The lowest BCUT2D eigenvalue weighted by Gasteiger charge is -2.28. The number of carboxylic acids is 1. The number of fused-ring (bicyclic) bond motifs is 2. The number of ether oxygens (including phenoxy) is 2. The second-order valence-electron chi connectivity index (χ2n) is 10.3. The number of hydrogen-bond acceptors (Lipinski definition) is 6. The average molecular weight is 539 g/mol. The van der Waals surface area contributed by atoms with Crippen molar-refractivity contribution >= 4 is 17.4 Å². The first-order chi connectivity index (χ1) is 17.7. The summed E-state index contributed by atoms with van der Waals surface area (Å²) in [4.78, 5) is 17.0. The van der Waals surface area contributed by atoms with E-state index in [1.807, 2.05) is 0 Å². The van der Waals surface area contributed by atoms with Crippen molar-refractivity contribution in [3.05, 3.63) is 40.3 Å². The molecule has 0 fully saturated rings. The molecule has 1 aliphatic rings. The van der Waals surface area contributed by atoms with Crippen LogP contribution in [0, 0.1) is 19.7 Å². The van der Waals surface area contributed by atoms with Gasteiger partial charge in [0.05, 0.1) is 24.3 Å². The Hall–Kier alpha value is -3.41. The van der Waals surface area contributed by atoms with E-state index in [0.29, 0.717) is 41.8 Å². The highest BCUT2D eigenvalue weighted by atomic mass is 19.4. The predicted octanol–water partition coefficient (Wildman–Crippen LogP) is 5.78. The van der Waals surface area contributed by atoms with Crippen molar-refractivity contribution in [3.63, 3.8) is 0 Å². The number of carboxylic acid groups (broad SMARTS) is 1. The number of aliphatic carboxylic acids is 1. The summed E-state index contributed by atoms with van der Waals surface area (Å²) in [6, 6.07) is 2.73. The zero-order valence-corrected chi connectivity index (χ0v) is 21.8. The number of benzene rings is 1. The lowest BCUT2D eigenvalue weighted by molar-refractivity contribution is -0.160. The van der Waals surface area contributed by atoms with Gasteiger partial charge in [-0.05, 0) is 59.1 Å². The fourth-order valence-corrected chi connectivity index (χ4v) is 4.61. The molecular formula is C26H30F4N4O4. The fourth-order valence-electron chi connectivity index (χ4n) is 4.61. The Morgan fingerprint density at radius 2 is 1.97 bits per heavy atom. The quantitative estimate of drug-likeness (QED) is 0.368. The van der Waals surface area contributed by atoms with Crippen LogP contribution in [0.25, 0.3) is 16.9 Å².